The third kappa shape index (κ3) is 3.61. The van der Waals surface area contributed by atoms with Crippen LogP contribution in [0.4, 0.5) is 5.69 Å². The highest BCUT2D eigenvalue weighted by molar-refractivity contribution is 8.00. The molecule has 0 bridgehead atoms. The molecule has 2 heterocycles. The van der Waals surface area contributed by atoms with Crippen molar-refractivity contribution < 1.29 is 14.3 Å². The first-order valence-electron chi connectivity index (χ1n) is 8.45. The van der Waals surface area contributed by atoms with Gasteiger partial charge in [-0.3, -0.25) is 9.36 Å². The highest BCUT2D eigenvalue weighted by Gasteiger charge is 2.20. The van der Waals surface area contributed by atoms with E-state index in [1.54, 1.807) is 24.5 Å². The number of hydrogen-bond donors (Lipinski definition) is 1. The number of nitrogens with zero attached hydrogens (tertiary/aromatic N) is 3. The van der Waals surface area contributed by atoms with E-state index in [-0.39, 0.29) is 18.0 Å². The number of carbonyl (C=O) groups excluding carboxylic acids is 1. The van der Waals surface area contributed by atoms with E-state index in [1.165, 1.54) is 11.8 Å². The molecule has 1 aromatic heterocycles. The highest BCUT2D eigenvalue weighted by atomic mass is 32.2. The monoisotopic (exact) mass is 382 g/mol. The van der Waals surface area contributed by atoms with E-state index in [2.05, 4.69) is 15.5 Å². The summed E-state index contributed by atoms with van der Waals surface area (Å²) < 4.78 is 12.5. The van der Waals surface area contributed by atoms with E-state index >= 15 is 0 Å². The second kappa shape index (κ2) is 7.32. The van der Waals surface area contributed by atoms with Gasteiger partial charge < -0.3 is 14.8 Å². The molecular weight excluding hydrogens is 364 g/mol. The largest absolute Gasteiger partial charge is 0.454 e. The standard InChI is InChI=1S/C19H18N4O3S/c1-12-5-3-4-6-15(12)23-10-20-22-19(23)27-13(2)18(24)21-14-7-8-16-17(9-14)26-11-25-16/h3-10,13H,11H2,1-2H3,(H,21,24)/t13-/m0/s1. The first kappa shape index (κ1) is 17.4. The van der Waals surface area contributed by atoms with Crippen LogP contribution in [0.25, 0.3) is 5.69 Å². The van der Waals surface area contributed by atoms with Gasteiger partial charge in [-0.15, -0.1) is 10.2 Å². The minimum absolute atomic E-state index is 0.127. The molecule has 2 aromatic carbocycles. The number of anilines is 1. The number of benzene rings is 2. The minimum atomic E-state index is -0.359. The van der Waals surface area contributed by atoms with Gasteiger partial charge in [0, 0.05) is 11.8 Å². The SMILES string of the molecule is Cc1ccccc1-n1cnnc1S[C@@H](C)C(=O)Nc1ccc2c(c1)OCO2. The zero-order valence-corrected chi connectivity index (χ0v) is 15.7. The van der Waals surface area contributed by atoms with Gasteiger partial charge in [0.05, 0.1) is 10.9 Å². The Labute approximate surface area is 160 Å². The van der Waals surface area contributed by atoms with Crippen LogP contribution in [0.3, 0.4) is 0 Å². The third-order valence-electron chi connectivity index (χ3n) is 4.18. The molecule has 1 amide bonds. The van der Waals surface area contributed by atoms with Crippen molar-refractivity contribution in [3.63, 3.8) is 0 Å². The molecule has 0 fully saturated rings. The van der Waals surface area contributed by atoms with Crippen LogP contribution in [0.5, 0.6) is 11.5 Å². The summed E-state index contributed by atoms with van der Waals surface area (Å²) in [6, 6.07) is 13.3. The number of para-hydroxylation sites is 1. The number of nitrogens with one attached hydrogen (secondary N) is 1. The fourth-order valence-corrected chi connectivity index (χ4v) is 3.57. The quantitative estimate of drug-likeness (QED) is 0.681. The molecule has 4 rings (SSSR count). The average Bonchev–Trinajstić information content (AvgIpc) is 3.31. The summed E-state index contributed by atoms with van der Waals surface area (Å²) in [5, 5.41) is 11.4. The van der Waals surface area contributed by atoms with Gasteiger partial charge in [0.15, 0.2) is 16.7 Å². The van der Waals surface area contributed by atoms with E-state index in [0.717, 1.165) is 11.3 Å². The lowest BCUT2D eigenvalue weighted by atomic mass is 10.2. The van der Waals surface area contributed by atoms with E-state index < -0.39 is 0 Å². The Morgan fingerprint density at radius 3 is 2.89 bits per heavy atom. The van der Waals surface area contributed by atoms with E-state index in [0.29, 0.717) is 22.3 Å². The molecule has 138 valence electrons. The molecule has 8 heteroatoms. The van der Waals surface area contributed by atoms with Crippen molar-refractivity contribution in [2.75, 3.05) is 12.1 Å². The Bertz CT molecular complexity index is 989. The molecule has 7 nitrogen and oxygen atoms in total. The molecule has 27 heavy (non-hydrogen) atoms. The number of thioether (sulfide) groups is 1. The zero-order chi connectivity index (χ0) is 18.8. The lowest BCUT2D eigenvalue weighted by Crippen LogP contribution is -2.22. The van der Waals surface area contributed by atoms with Gasteiger partial charge in [0.25, 0.3) is 0 Å². The number of rotatable bonds is 5. The van der Waals surface area contributed by atoms with E-state index in [1.807, 2.05) is 42.7 Å². The number of hydrogen-bond acceptors (Lipinski definition) is 6. The van der Waals surface area contributed by atoms with E-state index in [4.69, 9.17) is 9.47 Å². The van der Waals surface area contributed by atoms with Crippen molar-refractivity contribution >= 4 is 23.4 Å². The molecule has 1 N–H and O–H groups in total. The number of aromatic nitrogens is 3. The Morgan fingerprint density at radius 2 is 2.04 bits per heavy atom. The van der Waals surface area contributed by atoms with Gasteiger partial charge in [0.2, 0.25) is 12.7 Å². The second-order valence-electron chi connectivity index (χ2n) is 6.09. The summed E-state index contributed by atoms with van der Waals surface area (Å²) in [5.41, 5.74) is 2.77. The fraction of sp³-hybridized carbons (Fsp3) is 0.211. The van der Waals surface area contributed by atoms with Gasteiger partial charge in [0.1, 0.15) is 6.33 Å². The molecule has 1 aliphatic rings. The summed E-state index contributed by atoms with van der Waals surface area (Å²) >= 11 is 1.35. The van der Waals surface area contributed by atoms with Crippen LogP contribution in [-0.4, -0.2) is 32.7 Å². The van der Waals surface area contributed by atoms with Crippen molar-refractivity contribution in [1.29, 1.82) is 0 Å². The molecule has 0 radical (unpaired) electrons. The van der Waals surface area contributed by atoms with Gasteiger partial charge in [-0.1, -0.05) is 30.0 Å². The lowest BCUT2D eigenvalue weighted by Gasteiger charge is -2.13. The van der Waals surface area contributed by atoms with Crippen molar-refractivity contribution in [2.45, 2.75) is 24.3 Å². The van der Waals surface area contributed by atoms with Gasteiger partial charge in [-0.05, 0) is 37.6 Å². The fourth-order valence-electron chi connectivity index (χ4n) is 2.73. The topological polar surface area (TPSA) is 78.3 Å². The first-order chi connectivity index (χ1) is 13.1. The zero-order valence-electron chi connectivity index (χ0n) is 14.9. The number of carbonyl (C=O) groups is 1. The van der Waals surface area contributed by atoms with Crippen LogP contribution in [0.15, 0.2) is 53.9 Å². The molecule has 3 aromatic rings. The predicted molar refractivity (Wildman–Crippen MR) is 103 cm³/mol. The molecule has 0 spiro atoms. The normalized spacial score (nSPS) is 13.4. The van der Waals surface area contributed by atoms with Crippen molar-refractivity contribution in [3.05, 3.63) is 54.4 Å². The first-order valence-corrected chi connectivity index (χ1v) is 9.33. The summed E-state index contributed by atoms with van der Waals surface area (Å²) in [6.45, 7) is 4.07. The lowest BCUT2D eigenvalue weighted by molar-refractivity contribution is -0.115. The number of aryl methyl sites for hydroxylation is 1. The Kier molecular flexibility index (Phi) is 4.72. The Morgan fingerprint density at radius 1 is 1.22 bits per heavy atom. The summed E-state index contributed by atoms with van der Waals surface area (Å²) in [7, 11) is 0. The maximum absolute atomic E-state index is 12.6. The number of ether oxygens (including phenoxy) is 2. The smallest absolute Gasteiger partial charge is 0.237 e. The Hall–Kier alpha value is -3.00. The van der Waals surface area contributed by atoms with Crippen LogP contribution in [0.2, 0.25) is 0 Å². The molecule has 0 saturated heterocycles. The molecule has 0 aliphatic carbocycles. The number of amides is 1. The van der Waals surface area contributed by atoms with Crippen molar-refractivity contribution in [3.8, 4) is 17.2 Å². The van der Waals surface area contributed by atoms with Crippen molar-refractivity contribution in [1.82, 2.24) is 14.8 Å². The highest BCUT2D eigenvalue weighted by Crippen LogP contribution is 2.34. The summed E-state index contributed by atoms with van der Waals surface area (Å²) in [5.74, 6) is 1.19. The molecule has 0 saturated carbocycles. The van der Waals surface area contributed by atoms with Crippen LogP contribution in [0.1, 0.15) is 12.5 Å². The third-order valence-corrected chi connectivity index (χ3v) is 5.24. The average molecular weight is 382 g/mol. The Balaban J connectivity index is 1.47. The number of fused-ring (bicyclic) bond motifs is 1. The van der Waals surface area contributed by atoms with Crippen LogP contribution >= 0.6 is 11.8 Å². The predicted octanol–water partition coefficient (Wildman–Crippen LogP) is 3.42. The van der Waals surface area contributed by atoms with Crippen LogP contribution in [-0.2, 0) is 4.79 Å². The van der Waals surface area contributed by atoms with Crippen LogP contribution in [0, 0.1) is 6.92 Å². The molecule has 1 atom stereocenters. The van der Waals surface area contributed by atoms with Gasteiger partial charge in [-0.2, -0.15) is 0 Å². The maximum Gasteiger partial charge on any atom is 0.237 e. The van der Waals surface area contributed by atoms with Gasteiger partial charge >= 0.3 is 0 Å². The minimum Gasteiger partial charge on any atom is -0.454 e. The molecular formula is C19H18N4O3S. The maximum atomic E-state index is 12.6. The second-order valence-corrected chi connectivity index (χ2v) is 7.40. The van der Waals surface area contributed by atoms with E-state index in [9.17, 15) is 4.79 Å². The van der Waals surface area contributed by atoms with Crippen LogP contribution < -0.4 is 14.8 Å². The summed E-state index contributed by atoms with van der Waals surface area (Å²) in [4.78, 5) is 12.6. The molecule has 1 aliphatic heterocycles. The van der Waals surface area contributed by atoms with Gasteiger partial charge in [-0.25, -0.2) is 0 Å². The summed E-state index contributed by atoms with van der Waals surface area (Å²) in [6.07, 6.45) is 1.66. The molecule has 0 unspecified atom stereocenters. The van der Waals surface area contributed by atoms with Crippen molar-refractivity contribution in [2.24, 2.45) is 0 Å².